The van der Waals surface area contributed by atoms with Gasteiger partial charge in [0.15, 0.2) is 0 Å². The molecular weight excluding hydrogens is 507 g/mol. The molecular formula is C25H26Cl2N4O5. The molecule has 0 spiro atoms. The van der Waals surface area contributed by atoms with Crippen LogP contribution in [0.25, 0.3) is 0 Å². The molecule has 2 atom stereocenters. The zero-order chi connectivity index (χ0) is 26.0. The van der Waals surface area contributed by atoms with Gasteiger partial charge in [0.2, 0.25) is 11.8 Å². The number of methoxy groups -OCH3 is 1. The first-order valence-electron chi connectivity index (χ1n) is 11.3. The molecule has 2 aromatic carbocycles. The van der Waals surface area contributed by atoms with Gasteiger partial charge in [-0.1, -0.05) is 47.5 Å². The van der Waals surface area contributed by atoms with Gasteiger partial charge < -0.3 is 19.6 Å². The minimum Gasteiger partial charge on any atom is -0.508 e. The van der Waals surface area contributed by atoms with Crippen LogP contribution in [0.3, 0.4) is 0 Å². The highest BCUT2D eigenvalue weighted by Crippen LogP contribution is 2.31. The molecule has 11 heteroatoms. The first-order chi connectivity index (χ1) is 17.2. The lowest BCUT2D eigenvalue weighted by Gasteiger charge is -2.54. The number of hydrogen-bond donors (Lipinski definition) is 1. The van der Waals surface area contributed by atoms with Crippen molar-refractivity contribution in [2.24, 2.45) is 0 Å². The monoisotopic (exact) mass is 532 g/mol. The second kappa shape index (κ2) is 10.8. The molecule has 0 saturated carbocycles. The van der Waals surface area contributed by atoms with E-state index < -0.39 is 18.3 Å². The number of phenols is 1. The van der Waals surface area contributed by atoms with Crippen molar-refractivity contribution in [2.75, 3.05) is 26.7 Å². The van der Waals surface area contributed by atoms with Gasteiger partial charge in [0.05, 0.1) is 20.2 Å². The van der Waals surface area contributed by atoms with E-state index in [1.165, 1.54) is 29.2 Å². The number of fused-ring (bicyclic) bond motifs is 1. The number of rotatable bonds is 6. The van der Waals surface area contributed by atoms with Crippen LogP contribution >= 0.6 is 23.2 Å². The normalized spacial score (nSPS) is 20.4. The molecule has 0 radical (unpaired) electrons. The fraction of sp³-hybridized carbons (Fsp3) is 0.320. The number of phenolic OH excluding ortho intramolecular Hbond substituents is 1. The summed E-state index contributed by atoms with van der Waals surface area (Å²) in [5.74, 6) is -0.472. The number of amides is 3. The Hall–Kier alpha value is -3.27. The number of halogens is 2. The van der Waals surface area contributed by atoms with Crippen LogP contribution < -0.4 is 0 Å². The highest BCUT2D eigenvalue weighted by atomic mass is 35.5. The summed E-state index contributed by atoms with van der Waals surface area (Å²) in [4.78, 5) is 43.1. The Balaban J connectivity index is 1.74. The van der Waals surface area contributed by atoms with Crippen molar-refractivity contribution in [2.45, 2.75) is 25.2 Å². The third-order valence-corrected chi connectivity index (χ3v) is 6.86. The molecule has 0 aliphatic carbocycles. The topological polar surface area (TPSA) is 93.6 Å². The van der Waals surface area contributed by atoms with Crippen molar-refractivity contribution in [1.82, 2.24) is 19.8 Å². The van der Waals surface area contributed by atoms with Crippen molar-refractivity contribution < 1.29 is 24.2 Å². The van der Waals surface area contributed by atoms with Crippen LogP contribution in [0, 0.1) is 0 Å². The lowest BCUT2D eigenvalue weighted by molar-refractivity contribution is -0.192. The predicted octanol–water partition coefficient (Wildman–Crippen LogP) is 3.29. The molecule has 2 aromatic rings. The number of piperazine rings is 1. The number of carbonyl (C=O) groups excluding carboxylic acids is 3. The van der Waals surface area contributed by atoms with Gasteiger partial charge in [-0.2, -0.15) is 0 Å². The fourth-order valence-corrected chi connectivity index (χ4v) is 5.09. The Morgan fingerprint density at radius 1 is 1.19 bits per heavy atom. The van der Waals surface area contributed by atoms with Crippen LogP contribution in [0.5, 0.6) is 5.75 Å². The molecule has 2 fully saturated rings. The summed E-state index contributed by atoms with van der Waals surface area (Å²) in [5, 5.41) is 13.5. The van der Waals surface area contributed by atoms with E-state index >= 15 is 0 Å². The Bertz CT molecular complexity index is 1180. The van der Waals surface area contributed by atoms with Gasteiger partial charge in [0.25, 0.3) is 0 Å². The lowest BCUT2D eigenvalue weighted by atomic mass is 9.98. The van der Waals surface area contributed by atoms with Crippen molar-refractivity contribution in [3.05, 3.63) is 76.3 Å². The molecule has 0 aromatic heterocycles. The molecule has 1 N–H and O–H groups in total. The maximum atomic E-state index is 13.8. The Morgan fingerprint density at radius 2 is 1.92 bits per heavy atom. The third-order valence-electron chi connectivity index (χ3n) is 6.27. The second-order valence-corrected chi connectivity index (χ2v) is 9.42. The minimum absolute atomic E-state index is 0.0539. The number of nitrogens with zero attached hydrogens (tertiary/aromatic N) is 4. The van der Waals surface area contributed by atoms with Gasteiger partial charge in [-0.15, -0.1) is 6.58 Å². The van der Waals surface area contributed by atoms with Crippen LogP contribution in [0.2, 0.25) is 10.0 Å². The molecule has 0 bridgehead atoms. The number of aromatic hydroxyl groups is 1. The first-order valence-corrected chi connectivity index (χ1v) is 12.0. The minimum atomic E-state index is -0.884. The van der Waals surface area contributed by atoms with Crippen molar-refractivity contribution in [1.29, 1.82) is 0 Å². The van der Waals surface area contributed by atoms with E-state index in [4.69, 9.17) is 27.9 Å². The Labute approximate surface area is 219 Å². The van der Waals surface area contributed by atoms with Crippen molar-refractivity contribution in [3.8, 4) is 5.75 Å². The third kappa shape index (κ3) is 5.13. The number of hydrogen-bond acceptors (Lipinski definition) is 6. The van der Waals surface area contributed by atoms with Gasteiger partial charge in [-0.05, 0) is 35.4 Å². The molecule has 1 unspecified atom stereocenters. The van der Waals surface area contributed by atoms with E-state index in [9.17, 15) is 19.5 Å². The number of carbonyl (C=O) groups is 3. The van der Waals surface area contributed by atoms with Crippen molar-refractivity contribution in [3.63, 3.8) is 0 Å². The largest absolute Gasteiger partial charge is 0.508 e. The summed E-state index contributed by atoms with van der Waals surface area (Å²) in [6.07, 6.45) is 0.334. The van der Waals surface area contributed by atoms with Gasteiger partial charge in [0, 0.05) is 29.6 Å². The maximum absolute atomic E-state index is 13.8. The quantitative estimate of drug-likeness (QED) is 0.573. The molecule has 36 heavy (non-hydrogen) atoms. The fourth-order valence-electron chi connectivity index (χ4n) is 4.62. The Kier molecular flexibility index (Phi) is 7.73. The summed E-state index contributed by atoms with van der Waals surface area (Å²) in [7, 11) is 1.27. The zero-order valence-corrected chi connectivity index (χ0v) is 21.2. The molecule has 2 heterocycles. The van der Waals surface area contributed by atoms with E-state index in [1.807, 2.05) is 0 Å². The first kappa shape index (κ1) is 25.8. The summed E-state index contributed by atoms with van der Waals surface area (Å²) < 4.78 is 5.04. The average molecular weight is 533 g/mol. The maximum Gasteiger partial charge on any atom is 0.426 e. The molecule has 3 amide bonds. The standard InChI is InChI=1S/C25H26Cl2N4O5/c1-3-10-29-15-23(33)30-21(11-16-4-8-19(32)9-5-16)24(34)28(14-22(30)31(29)25(35)36-2)13-17-6-7-18(26)12-20(17)27/h3-9,12,21-22,32H,1,10-11,13-15H2,2H3/t21-,22?/m0/s1. The van der Waals surface area contributed by atoms with E-state index in [2.05, 4.69) is 6.58 Å². The van der Waals surface area contributed by atoms with Gasteiger partial charge in [-0.3, -0.25) is 9.59 Å². The highest BCUT2D eigenvalue weighted by Gasteiger charge is 2.51. The van der Waals surface area contributed by atoms with Crippen LogP contribution in [0.1, 0.15) is 11.1 Å². The molecule has 4 rings (SSSR count). The number of hydrazine groups is 1. The van der Waals surface area contributed by atoms with Crippen molar-refractivity contribution >= 4 is 41.1 Å². The molecule has 2 saturated heterocycles. The molecule has 9 nitrogen and oxygen atoms in total. The summed E-state index contributed by atoms with van der Waals surface area (Å²) in [6.45, 7) is 4.07. The zero-order valence-electron chi connectivity index (χ0n) is 19.6. The highest BCUT2D eigenvalue weighted by molar-refractivity contribution is 6.35. The van der Waals surface area contributed by atoms with Crippen LogP contribution in [-0.2, 0) is 27.3 Å². The predicted molar refractivity (Wildman–Crippen MR) is 134 cm³/mol. The second-order valence-electron chi connectivity index (χ2n) is 8.57. The number of benzene rings is 2. The SMILES string of the molecule is C=CCN1CC(=O)N2C(CN(Cc3ccc(Cl)cc3Cl)C(=O)[C@@H]2Cc2ccc(O)cc2)N1C(=O)OC. The van der Waals surface area contributed by atoms with E-state index in [0.717, 1.165) is 5.56 Å². The molecule has 2 aliphatic heterocycles. The Morgan fingerprint density at radius 3 is 2.56 bits per heavy atom. The van der Waals surface area contributed by atoms with Gasteiger partial charge in [0.1, 0.15) is 18.0 Å². The van der Waals surface area contributed by atoms with E-state index in [0.29, 0.717) is 15.6 Å². The number of ether oxygens (including phenoxy) is 1. The van der Waals surface area contributed by atoms with Crippen LogP contribution in [0.15, 0.2) is 55.1 Å². The summed E-state index contributed by atoms with van der Waals surface area (Å²) >= 11 is 12.4. The molecule has 2 aliphatic rings. The smallest absolute Gasteiger partial charge is 0.426 e. The van der Waals surface area contributed by atoms with Crippen LogP contribution in [0.4, 0.5) is 4.79 Å². The summed E-state index contributed by atoms with van der Waals surface area (Å²) in [5.41, 5.74) is 1.43. The summed E-state index contributed by atoms with van der Waals surface area (Å²) in [6, 6.07) is 10.6. The molecule has 190 valence electrons. The van der Waals surface area contributed by atoms with Gasteiger partial charge >= 0.3 is 6.09 Å². The van der Waals surface area contributed by atoms with Gasteiger partial charge in [-0.25, -0.2) is 14.8 Å². The average Bonchev–Trinajstić information content (AvgIpc) is 2.84. The van der Waals surface area contributed by atoms with Crippen LogP contribution in [-0.4, -0.2) is 81.8 Å². The lowest BCUT2D eigenvalue weighted by Crippen LogP contribution is -2.75. The van der Waals surface area contributed by atoms with E-state index in [1.54, 1.807) is 46.3 Å². The van der Waals surface area contributed by atoms with E-state index in [-0.39, 0.29) is 50.2 Å².